The Morgan fingerprint density at radius 2 is 1.80 bits per heavy atom. The first-order valence-corrected chi connectivity index (χ1v) is 7.85. The molecule has 0 spiro atoms. The molecule has 0 aliphatic carbocycles. The molecule has 0 saturated heterocycles. The monoisotopic (exact) mass is 327 g/mol. The minimum atomic E-state index is 0.484. The van der Waals surface area contributed by atoms with Crippen LogP contribution < -0.4 is 10.6 Å². The van der Waals surface area contributed by atoms with Crippen molar-refractivity contribution in [3.05, 3.63) is 78.9 Å². The quantitative estimate of drug-likeness (QED) is 0.658. The van der Waals surface area contributed by atoms with Crippen LogP contribution >= 0.6 is 0 Å². The predicted molar refractivity (Wildman–Crippen MR) is 101 cm³/mol. The van der Waals surface area contributed by atoms with E-state index in [0.717, 1.165) is 16.9 Å². The van der Waals surface area contributed by atoms with Gasteiger partial charge in [0.15, 0.2) is 0 Å². The van der Waals surface area contributed by atoms with E-state index >= 15 is 0 Å². The lowest BCUT2D eigenvalue weighted by atomic mass is 10.1. The molecule has 122 valence electrons. The third-order valence-corrected chi connectivity index (χ3v) is 3.49. The topological polar surface area (TPSA) is 73.6 Å². The first-order chi connectivity index (χ1) is 12.3. The molecule has 0 saturated carbocycles. The second kappa shape index (κ2) is 7.75. The summed E-state index contributed by atoms with van der Waals surface area (Å²) < 4.78 is 0. The van der Waals surface area contributed by atoms with Crippen molar-refractivity contribution in [2.45, 2.75) is 0 Å². The van der Waals surface area contributed by atoms with Crippen molar-refractivity contribution in [2.75, 3.05) is 17.2 Å². The van der Waals surface area contributed by atoms with Gasteiger partial charge in [-0.15, -0.1) is 6.58 Å². The second-order valence-electron chi connectivity index (χ2n) is 5.31. The Kier molecular flexibility index (Phi) is 5.03. The molecule has 0 bridgehead atoms. The minimum absolute atomic E-state index is 0.484. The van der Waals surface area contributed by atoms with Crippen molar-refractivity contribution in [1.29, 1.82) is 5.26 Å². The molecule has 0 aliphatic rings. The van der Waals surface area contributed by atoms with Gasteiger partial charge in [-0.1, -0.05) is 36.4 Å². The zero-order valence-corrected chi connectivity index (χ0v) is 13.6. The smallest absolute Gasteiger partial charge is 0.229 e. The average Bonchev–Trinajstić information content (AvgIpc) is 2.67. The van der Waals surface area contributed by atoms with Crippen LogP contribution in [-0.4, -0.2) is 16.5 Å². The maximum atomic E-state index is 8.89. The number of nitrogens with one attached hydrogen (secondary N) is 2. The highest BCUT2D eigenvalue weighted by molar-refractivity contribution is 5.66. The van der Waals surface area contributed by atoms with Gasteiger partial charge < -0.3 is 10.6 Å². The van der Waals surface area contributed by atoms with Crippen LogP contribution in [0.5, 0.6) is 0 Å². The highest BCUT2D eigenvalue weighted by Crippen LogP contribution is 2.23. The number of benzene rings is 2. The average molecular weight is 327 g/mol. The van der Waals surface area contributed by atoms with Gasteiger partial charge in [0.05, 0.1) is 17.3 Å². The Morgan fingerprint density at radius 3 is 2.48 bits per heavy atom. The van der Waals surface area contributed by atoms with Crippen molar-refractivity contribution >= 4 is 17.5 Å². The third kappa shape index (κ3) is 4.21. The van der Waals surface area contributed by atoms with Gasteiger partial charge in [-0.05, 0) is 24.3 Å². The predicted octanol–water partition coefficient (Wildman–Crippen LogP) is 4.36. The Balaban J connectivity index is 1.93. The van der Waals surface area contributed by atoms with Crippen LogP contribution in [0.2, 0.25) is 0 Å². The number of hydrogen-bond donors (Lipinski definition) is 2. The molecule has 3 aromatic rings. The van der Waals surface area contributed by atoms with E-state index in [9.17, 15) is 0 Å². The molecule has 0 unspecified atom stereocenters. The third-order valence-electron chi connectivity index (χ3n) is 3.49. The van der Waals surface area contributed by atoms with Crippen LogP contribution in [-0.2, 0) is 0 Å². The van der Waals surface area contributed by atoms with Crippen molar-refractivity contribution in [1.82, 2.24) is 9.97 Å². The molecule has 2 aromatic carbocycles. The Morgan fingerprint density at radius 1 is 1.04 bits per heavy atom. The van der Waals surface area contributed by atoms with E-state index < -0.39 is 0 Å². The SMILES string of the molecule is C=CCNc1cc(-c2ccccc2)nc(Nc2ccc(C#N)cc2)n1. The summed E-state index contributed by atoms with van der Waals surface area (Å²) in [6, 6.07) is 21.1. The number of anilines is 3. The van der Waals surface area contributed by atoms with Crippen LogP contribution in [0.25, 0.3) is 11.3 Å². The van der Waals surface area contributed by atoms with Crippen molar-refractivity contribution in [3.8, 4) is 17.3 Å². The van der Waals surface area contributed by atoms with E-state index in [2.05, 4.69) is 33.2 Å². The number of hydrogen-bond acceptors (Lipinski definition) is 5. The highest BCUT2D eigenvalue weighted by atomic mass is 15.1. The summed E-state index contributed by atoms with van der Waals surface area (Å²) in [6.45, 7) is 4.33. The van der Waals surface area contributed by atoms with Crippen LogP contribution in [0.4, 0.5) is 17.5 Å². The largest absolute Gasteiger partial charge is 0.366 e. The summed E-state index contributed by atoms with van der Waals surface area (Å²) >= 11 is 0. The van der Waals surface area contributed by atoms with Gasteiger partial charge in [-0.2, -0.15) is 10.2 Å². The number of nitrogens with zero attached hydrogens (tertiary/aromatic N) is 3. The Hall–Kier alpha value is -3.65. The normalized spacial score (nSPS) is 9.88. The van der Waals surface area contributed by atoms with E-state index in [1.54, 1.807) is 18.2 Å². The molecule has 5 nitrogen and oxygen atoms in total. The highest BCUT2D eigenvalue weighted by Gasteiger charge is 2.07. The maximum absolute atomic E-state index is 8.89. The van der Waals surface area contributed by atoms with Gasteiger partial charge in [0.2, 0.25) is 5.95 Å². The van der Waals surface area contributed by atoms with Crippen LogP contribution in [0.3, 0.4) is 0 Å². The van der Waals surface area contributed by atoms with Crippen LogP contribution in [0.1, 0.15) is 5.56 Å². The molecule has 5 heteroatoms. The zero-order valence-electron chi connectivity index (χ0n) is 13.6. The molecule has 0 radical (unpaired) electrons. The van der Waals surface area contributed by atoms with Gasteiger partial charge >= 0.3 is 0 Å². The van der Waals surface area contributed by atoms with E-state index in [-0.39, 0.29) is 0 Å². The first-order valence-electron chi connectivity index (χ1n) is 7.85. The molecule has 1 aromatic heterocycles. The fourth-order valence-corrected chi connectivity index (χ4v) is 2.28. The molecule has 2 N–H and O–H groups in total. The number of aromatic nitrogens is 2. The number of rotatable bonds is 6. The lowest BCUT2D eigenvalue weighted by molar-refractivity contribution is 1.14. The van der Waals surface area contributed by atoms with Gasteiger partial charge in [-0.3, -0.25) is 0 Å². The molecule has 0 amide bonds. The summed E-state index contributed by atoms with van der Waals surface area (Å²) in [5.41, 5.74) is 3.25. The van der Waals surface area contributed by atoms with Gasteiger partial charge in [0.25, 0.3) is 0 Å². The van der Waals surface area contributed by atoms with Gasteiger partial charge in [-0.25, -0.2) is 4.98 Å². The molecular weight excluding hydrogens is 310 g/mol. The molecule has 3 rings (SSSR count). The molecule has 1 heterocycles. The lowest BCUT2D eigenvalue weighted by Crippen LogP contribution is -2.05. The minimum Gasteiger partial charge on any atom is -0.366 e. The standard InChI is InChI=1S/C20H17N5/c1-2-12-22-19-13-18(16-6-4-3-5-7-16)24-20(25-19)23-17-10-8-15(14-21)9-11-17/h2-11,13H,1,12H2,(H2,22,23,24,25). The van der Waals surface area contributed by atoms with Crippen LogP contribution in [0, 0.1) is 11.3 Å². The molecule has 0 aliphatic heterocycles. The van der Waals surface area contributed by atoms with Crippen molar-refractivity contribution < 1.29 is 0 Å². The van der Waals surface area contributed by atoms with E-state index in [1.165, 1.54) is 0 Å². The van der Waals surface area contributed by atoms with Gasteiger partial charge in [0.1, 0.15) is 5.82 Å². The fraction of sp³-hybridized carbons (Fsp3) is 0.0500. The lowest BCUT2D eigenvalue weighted by Gasteiger charge is -2.11. The Labute approximate surface area is 146 Å². The summed E-state index contributed by atoms with van der Waals surface area (Å²) in [7, 11) is 0. The maximum Gasteiger partial charge on any atom is 0.229 e. The zero-order chi connectivity index (χ0) is 17.5. The summed E-state index contributed by atoms with van der Waals surface area (Å²) in [4.78, 5) is 9.08. The summed E-state index contributed by atoms with van der Waals surface area (Å²) in [5.74, 6) is 1.20. The molecule has 0 atom stereocenters. The second-order valence-corrected chi connectivity index (χ2v) is 5.31. The number of nitriles is 1. The van der Waals surface area contributed by atoms with E-state index in [4.69, 9.17) is 5.26 Å². The first kappa shape index (κ1) is 16.2. The van der Waals surface area contributed by atoms with Crippen LogP contribution in [0.15, 0.2) is 73.3 Å². The molecule has 0 fully saturated rings. The van der Waals surface area contributed by atoms with E-state index in [0.29, 0.717) is 23.9 Å². The summed E-state index contributed by atoms with van der Waals surface area (Å²) in [5, 5.41) is 15.3. The van der Waals surface area contributed by atoms with E-state index in [1.807, 2.05) is 48.5 Å². The molecular formula is C20H17N5. The summed E-state index contributed by atoms with van der Waals surface area (Å²) in [6.07, 6.45) is 1.78. The van der Waals surface area contributed by atoms with Gasteiger partial charge in [0, 0.05) is 23.9 Å². The Bertz CT molecular complexity index is 896. The van der Waals surface area contributed by atoms with Crippen molar-refractivity contribution in [2.24, 2.45) is 0 Å². The molecule has 25 heavy (non-hydrogen) atoms. The fourth-order valence-electron chi connectivity index (χ4n) is 2.28. The van der Waals surface area contributed by atoms with Crippen molar-refractivity contribution in [3.63, 3.8) is 0 Å².